The Morgan fingerprint density at radius 2 is 2.13 bits per heavy atom. The molecule has 2 nitrogen and oxygen atoms in total. The minimum absolute atomic E-state index is 0.238. The second kappa shape index (κ2) is 4.45. The highest BCUT2D eigenvalue weighted by Crippen LogP contribution is 2.32. The number of carbonyl (C=O) groups excluding carboxylic acids is 1. The number of hydrogen-bond acceptors (Lipinski definition) is 2. The summed E-state index contributed by atoms with van der Waals surface area (Å²) >= 11 is 3.54. The maximum atomic E-state index is 11.5. The Hall–Kier alpha value is -0.670. The number of rotatable bonds is 1. The Labute approximate surface area is 98.4 Å². The lowest BCUT2D eigenvalue weighted by molar-refractivity contribution is -0.122. The van der Waals surface area contributed by atoms with E-state index in [4.69, 9.17) is 0 Å². The molecule has 0 saturated carbocycles. The van der Waals surface area contributed by atoms with E-state index in [1.165, 1.54) is 5.56 Å². The molecule has 1 aromatic carbocycles. The van der Waals surface area contributed by atoms with Crippen molar-refractivity contribution in [3.8, 4) is 0 Å². The number of likely N-dealkylation sites (tertiary alicyclic amines) is 1. The van der Waals surface area contributed by atoms with Crippen LogP contribution in [-0.4, -0.2) is 24.3 Å². The van der Waals surface area contributed by atoms with E-state index in [1.54, 1.807) is 0 Å². The van der Waals surface area contributed by atoms with E-state index >= 15 is 0 Å². The van der Waals surface area contributed by atoms with Gasteiger partial charge >= 0.3 is 0 Å². The Balaban J connectivity index is 2.29. The van der Waals surface area contributed by atoms with Crippen molar-refractivity contribution >= 4 is 21.7 Å². The average molecular weight is 268 g/mol. The van der Waals surface area contributed by atoms with Crippen LogP contribution in [0.4, 0.5) is 0 Å². The predicted molar refractivity (Wildman–Crippen MR) is 63.8 cm³/mol. The summed E-state index contributed by atoms with van der Waals surface area (Å²) in [6.45, 7) is 0.866. The summed E-state index contributed by atoms with van der Waals surface area (Å²) in [5.74, 6) is 0.369. The van der Waals surface area contributed by atoms with E-state index < -0.39 is 0 Å². The number of benzene rings is 1. The van der Waals surface area contributed by atoms with Gasteiger partial charge in [0.05, 0.1) is 0 Å². The Morgan fingerprint density at radius 1 is 1.40 bits per heavy atom. The molecule has 15 heavy (non-hydrogen) atoms. The highest BCUT2D eigenvalue weighted by Gasteiger charge is 2.26. The summed E-state index contributed by atoms with van der Waals surface area (Å²) in [5, 5.41) is 0. The molecule has 1 fully saturated rings. The van der Waals surface area contributed by atoms with E-state index in [9.17, 15) is 4.79 Å². The first-order valence-corrected chi connectivity index (χ1v) is 5.94. The van der Waals surface area contributed by atoms with Crippen molar-refractivity contribution in [3.05, 3.63) is 34.3 Å². The van der Waals surface area contributed by atoms with E-state index in [0.717, 1.165) is 11.0 Å². The summed E-state index contributed by atoms with van der Waals surface area (Å²) in [6.07, 6.45) is 1.33. The van der Waals surface area contributed by atoms with Gasteiger partial charge in [0.25, 0.3) is 0 Å². The van der Waals surface area contributed by atoms with Gasteiger partial charge in [0, 0.05) is 29.9 Å². The van der Waals surface area contributed by atoms with Crippen molar-refractivity contribution in [3.63, 3.8) is 0 Å². The molecule has 0 spiro atoms. The number of nitrogens with zero attached hydrogens (tertiary/aromatic N) is 1. The third kappa shape index (κ3) is 2.29. The van der Waals surface area contributed by atoms with Crippen LogP contribution >= 0.6 is 15.9 Å². The van der Waals surface area contributed by atoms with E-state index in [-0.39, 0.29) is 6.04 Å². The Morgan fingerprint density at radius 3 is 2.87 bits per heavy atom. The molecule has 0 N–H and O–H groups in total. The van der Waals surface area contributed by atoms with Gasteiger partial charge in [-0.05, 0) is 18.7 Å². The molecule has 2 rings (SSSR count). The van der Waals surface area contributed by atoms with Gasteiger partial charge in [-0.25, -0.2) is 0 Å². The maximum Gasteiger partial charge on any atom is 0.136 e. The number of Topliss-reactive ketones (excluding diaryl/α,β-unsaturated/α-hetero) is 1. The van der Waals surface area contributed by atoms with Crippen LogP contribution in [0.2, 0.25) is 0 Å². The fraction of sp³-hybridized carbons (Fsp3) is 0.417. The first kappa shape index (κ1) is 10.8. The standard InChI is InChI=1S/C12H14BrNO/c1-14-7-6-9(15)8-12(14)10-4-2-3-5-11(10)13/h2-5,12H,6-8H2,1H3/t12-/m0/s1. The molecule has 1 atom stereocenters. The predicted octanol–water partition coefficient (Wildman–Crippen LogP) is 2.78. The van der Waals surface area contributed by atoms with Crippen LogP contribution in [0.5, 0.6) is 0 Å². The van der Waals surface area contributed by atoms with Crippen LogP contribution in [0, 0.1) is 0 Å². The third-order valence-corrected chi connectivity index (χ3v) is 3.68. The van der Waals surface area contributed by atoms with Gasteiger partial charge in [0.2, 0.25) is 0 Å². The molecule has 80 valence electrons. The fourth-order valence-corrected chi connectivity index (χ4v) is 2.57. The van der Waals surface area contributed by atoms with Crippen LogP contribution in [0.25, 0.3) is 0 Å². The monoisotopic (exact) mass is 267 g/mol. The molecule has 1 heterocycles. The van der Waals surface area contributed by atoms with Gasteiger partial charge in [0.15, 0.2) is 0 Å². The lowest BCUT2D eigenvalue weighted by Gasteiger charge is -2.32. The van der Waals surface area contributed by atoms with Crippen LogP contribution in [0.1, 0.15) is 24.4 Å². The van der Waals surface area contributed by atoms with Crippen molar-refractivity contribution < 1.29 is 4.79 Å². The average Bonchev–Trinajstić information content (AvgIpc) is 2.23. The van der Waals surface area contributed by atoms with Gasteiger partial charge in [-0.1, -0.05) is 34.1 Å². The highest BCUT2D eigenvalue weighted by molar-refractivity contribution is 9.10. The molecule has 0 aromatic heterocycles. The van der Waals surface area contributed by atoms with Crippen LogP contribution in [0.3, 0.4) is 0 Å². The van der Waals surface area contributed by atoms with Crippen LogP contribution < -0.4 is 0 Å². The number of carbonyl (C=O) groups is 1. The lowest BCUT2D eigenvalue weighted by atomic mass is 9.95. The lowest BCUT2D eigenvalue weighted by Crippen LogP contribution is -2.34. The quantitative estimate of drug-likeness (QED) is 0.780. The smallest absolute Gasteiger partial charge is 0.136 e. The SMILES string of the molecule is CN1CCC(=O)C[C@H]1c1ccccc1Br. The molecule has 0 unspecified atom stereocenters. The largest absolute Gasteiger partial charge is 0.300 e. The molecule has 1 aliphatic rings. The van der Waals surface area contributed by atoms with Crippen molar-refractivity contribution in [2.75, 3.05) is 13.6 Å². The zero-order valence-corrected chi connectivity index (χ0v) is 10.3. The van der Waals surface area contributed by atoms with E-state index in [2.05, 4.69) is 33.9 Å². The molecule has 0 amide bonds. The highest BCUT2D eigenvalue weighted by atomic mass is 79.9. The normalized spacial score (nSPS) is 23.1. The number of hydrogen-bond donors (Lipinski definition) is 0. The Kier molecular flexibility index (Phi) is 3.22. The van der Waals surface area contributed by atoms with Gasteiger partial charge in [0.1, 0.15) is 5.78 Å². The summed E-state index contributed by atoms with van der Waals surface area (Å²) in [6, 6.07) is 8.37. The molecule has 0 aliphatic carbocycles. The zero-order valence-electron chi connectivity index (χ0n) is 8.74. The molecule has 0 bridgehead atoms. The van der Waals surface area contributed by atoms with Crippen molar-refractivity contribution in [1.82, 2.24) is 4.90 Å². The van der Waals surface area contributed by atoms with Crippen LogP contribution in [0.15, 0.2) is 28.7 Å². The number of halogens is 1. The van der Waals surface area contributed by atoms with E-state index in [0.29, 0.717) is 18.6 Å². The summed E-state index contributed by atoms with van der Waals surface area (Å²) < 4.78 is 1.09. The number of piperidine rings is 1. The van der Waals surface area contributed by atoms with Crippen molar-refractivity contribution in [2.45, 2.75) is 18.9 Å². The fourth-order valence-electron chi connectivity index (χ4n) is 2.02. The second-order valence-corrected chi connectivity index (χ2v) is 4.87. The molecule has 1 aromatic rings. The topological polar surface area (TPSA) is 20.3 Å². The van der Waals surface area contributed by atoms with Gasteiger partial charge in [-0.3, -0.25) is 9.69 Å². The third-order valence-electron chi connectivity index (χ3n) is 2.96. The first-order valence-electron chi connectivity index (χ1n) is 5.15. The van der Waals surface area contributed by atoms with Crippen molar-refractivity contribution in [1.29, 1.82) is 0 Å². The van der Waals surface area contributed by atoms with Gasteiger partial charge < -0.3 is 0 Å². The molecule has 1 aliphatic heterocycles. The molecular formula is C12H14BrNO. The van der Waals surface area contributed by atoms with Crippen molar-refractivity contribution in [2.24, 2.45) is 0 Å². The molecular weight excluding hydrogens is 254 g/mol. The van der Waals surface area contributed by atoms with Crippen LogP contribution in [-0.2, 0) is 4.79 Å². The van der Waals surface area contributed by atoms with E-state index in [1.807, 2.05) is 18.2 Å². The molecule has 1 saturated heterocycles. The minimum atomic E-state index is 0.238. The summed E-state index contributed by atoms with van der Waals surface area (Å²) in [4.78, 5) is 13.7. The Bertz CT molecular complexity index is 378. The number of ketones is 1. The maximum absolute atomic E-state index is 11.5. The summed E-state index contributed by atoms with van der Waals surface area (Å²) in [5.41, 5.74) is 1.22. The summed E-state index contributed by atoms with van der Waals surface area (Å²) in [7, 11) is 2.08. The van der Waals surface area contributed by atoms with Gasteiger partial charge in [-0.2, -0.15) is 0 Å². The van der Waals surface area contributed by atoms with Gasteiger partial charge in [-0.15, -0.1) is 0 Å². The molecule has 0 radical (unpaired) electrons. The first-order chi connectivity index (χ1) is 7.18. The zero-order chi connectivity index (χ0) is 10.8. The molecule has 3 heteroatoms. The minimum Gasteiger partial charge on any atom is -0.300 e. The second-order valence-electron chi connectivity index (χ2n) is 4.01.